The van der Waals surface area contributed by atoms with E-state index in [-0.39, 0.29) is 22.2 Å². The van der Waals surface area contributed by atoms with Gasteiger partial charge in [0.15, 0.2) is 5.69 Å². The molecule has 3 N–H and O–H groups in total. The van der Waals surface area contributed by atoms with Crippen LogP contribution in [-0.4, -0.2) is 16.1 Å². The molecule has 0 radical (unpaired) electrons. The molecular weight excluding hydrogens is 337 g/mol. The summed E-state index contributed by atoms with van der Waals surface area (Å²) in [6.45, 7) is 0. The zero-order valence-electron chi connectivity index (χ0n) is 12.5. The number of anilines is 1. The van der Waals surface area contributed by atoms with Crippen molar-refractivity contribution in [3.63, 3.8) is 0 Å². The SMILES string of the molecule is O=C(NNc1ccccc1C(F)(F)F)c1n[nH]c(=O)c2ccccc12. The molecule has 0 atom stereocenters. The molecule has 1 aromatic heterocycles. The first-order valence-corrected chi connectivity index (χ1v) is 7.08. The predicted octanol–water partition coefficient (Wildman–Crippen LogP) is 2.70. The number of halogens is 3. The fourth-order valence-electron chi connectivity index (χ4n) is 2.31. The van der Waals surface area contributed by atoms with Crippen LogP contribution in [0.15, 0.2) is 53.3 Å². The molecule has 1 heterocycles. The van der Waals surface area contributed by atoms with Crippen LogP contribution in [0.2, 0.25) is 0 Å². The maximum Gasteiger partial charge on any atom is 0.418 e. The van der Waals surface area contributed by atoms with Gasteiger partial charge >= 0.3 is 6.18 Å². The molecule has 25 heavy (non-hydrogen) atoms. The number of H-pyrrole nitrogens is 1. The molecule has 6 nitrogen and oxygen atoms in total. The Morgan fingerprint density at radius 3 is 2.36 bits per heavy atom. The van der Waals surface area contributed by atoms with Gasteiger partial charge in [-0.15, -0.1) is 0 Å². The Kier molecular flexibility index (Phi) is 4.14. The van der Waals surface area contributed by atoms with Crippen LogP contribution in [-0.2, 0) is 6.18 Å². The molecule has 0 aliphatic carbocycles. The topological polar surface area (TPSA) is 86.9 Å². The summed E-state index contributed by atoms with van der Waals surface area (Å²) in [6.07, 6.45) is -4.57. The van der Waals surface area contributed by atoms with E-state index < -0.39 is 23.2 Å². The van der Waals surface area contributed by atoms with E-state index in [1.807, 2.05) is 0 Å². The summed E-state index contributed by atoms with van der Waals surface area (Å²) >= 11 is 0. The number of aromatic amines is 1. The normalized spacial score (nSPS) is 11.3. The molecule has 0 saturated carbocycles. The minimum atomic E-state index is -4.57. The lowest BCUT2D eigenvalue weighted by molar-refractivity contribution is -0.137. The van der Waals surface area contributed by atoms with Crippen molar-refractivity contribution in [3.05, 3.63) is 70.1 Å². The molecule has 0 spiro atoms. The highest BCUT2D eigenvalue weighted by Gasteiger charge is 2.33. The van der Waals surface area contributed by atoms with Crippen LogP contribution in [0.25, 0.3) is 10.8 Å². The Morgan fingerprint density at radius 2 is 1.64 bits per heavy atom. The van der Waals surface area contributed by atoms with Crippen LogP contribution < -0.4 is 16.4 Å². The first kappa shape index (κ1) is 16.5. The molecule has 0 fully saturated rings. The minimum absolute atomic E-state index is 0.118. The minimum Gasteiger partial charge on any atom is -0.298 e. The van der Waals surface area contributed by atoms with Gasteiger partial charge in [-0.2, -0.15) is 18.3 Å². The van der Waals surface area contributed by atoms with Gasteiger partial charge in [0.1, 0.15) is 0 Å². The number of carbonyl (C=O) groups is 1. The van der Waals surface area contributed by atoms with Crippen molar-refractivity contribution in [2.75, 3.05) is 5.43 Å². The highest BCUT2D eigenvalue weighted by Crippen LogP contribution is 2.34. The molecule has 3 rings (SSSR count). The molecular formula is C16H11F3N4O2. The van der Waals surface area contributed by atoms with Crippen molar-refractivity contribution in [2.45, 2.75) is 6.18 Å². The standard InChI is InChI=1S/C16H11F3N4O2/c17-16(18,19)11-7-3-4-8-12(11)20-23-15(25)13-9-5-1-2-6-10(9)14(24)22-21-13/h1-8,20H,(H,22,24)(H,23,25). The second-order valence-electron chi connectivity index (χ2n) is 5.07. The van der Waals surface area contributed by atoms with Crippen molar-refractivity contribution in [1.82, 2.24) is 15.6 Å². The number of aromatic nitrogens is 2. The number of nitrogens with zero attached hydrogens (tertiary/aromatic N) is 1. The van der Waals surface area contributed by atoms with E-state index in [4.69, 9.17) is 0 Å². The lowest BCUT2D eigenvalue weighted by Crippen LogP contribution is -2.32. The molecule has 1 amide bonds. The number of fused-ring (bicyclic) bond motifs is 1. The third-order valence-electron chi connectivity index (χ3n) is 3.45. The molecule has 3 aromatic rings. The number of alkyl halides is 3. The smallest absolute Gasteiger partial charge is 0.298 e. The van der Waals surface area contributed by atoms with Gasteiger partial charge < -0.3 is 0 Å². The first-order chi connectivity index (χ1) is 11.9. The van der Waals surface area contributed by atoms with Crippen LogP contribution in [0.4, 0.5) is 18.9 Å². The number of rotatable bonds is 3. The lowest BCUT2D eigenvalue weighted by Gasteiger charge is -2.15. The van der Waals surface area contributed by atoms with Crippen molar-refractivity contribution in [3.8, 4) is 0 Å². The summed E-state index contributed by atoms with van der Waals surface area (Å²) < 4.78 is 38.8. The molecule has 0 aliphatic rings. The van der Waals surface area contributed by atoms with Crippen molar-refractivity contribution >= 4 is 22.4 Å². The summed E-state index contributed by atoms with van der Waals surface area (Å²) in [5.74, 6) is -0.788. The Hall–Kier alpha value is -3.36. The third kappa shape index (κ3) is 3.30. The number of para-hydroxylation sites is 1. The van der Waals surface area contributed by atoms with Crippen molar-refractivity contribution < 1.29 is 18.0 Å². The van der Waals surface area contributed by atoms with Crippen LogP contribution in [0.5, 0.6) is 0 Å². The van der Waals surface area contributed by atoms with E-state index in [0.717, 1.165) is 6.07 Å². The van der Waals surface area contributed by atoms with E-state index in [1.165, 1.54) is 30.3 Å². The average molecular weight is 348 g/mol. The maximum absolute atomic E-state index is 12.9. The second kappa shape index (κ2) is 6.27. The first-order valence-electron chi connectivity index (χ1n) is 7.08. The molecule has 2 aromatic carbocycles. The van der Waals surface area contributed by atoms with Gasteiger partial charge in [0.2, 0.25) is 0 Å². The van der Waals surface area contributed by atoms with Crippen LogP contribution in [0.1, 0.15) is 16.1 Å². The van der Waals surface area contributed by atoms with Crippen LogP contribution in [0.3, 0.4) is 0 Å². The molecule has 0 bridgehead atoms. The van der Waals surface area contributed by atoms with Gasteiger partial charge in [-0.3, -0.25) is 20.4 Å². The molecule has 9 heteroatoms. The fourth-order valence-corrected chi connectivity index (χ4v) is 2.31. The summed E-state index contributed by atoms with van der Waals surface area (Å²) in [5, 5.41) is 6.40. The summed E-state index contributed by atoms with van der Waals surface area (Å²) in [5.41, 5.74) is 2.59. The van der Waals surface area contributed by atoms with Crippen molar-refractivity contribution in [1.29, 1.82) is 0 Å². The average Bonchev–Trinajstić information content (AvgIpc) is 2.60. The zero-order chi connectivity index (χ0) is 18.0. The van der Waals surface area contributed by atoms with E-state index in [9.17, 15) is 22.8 Å². The number of hydrogen-bond acceptors (Lipinski definition) is 4. The van der Waals surface area contributed by atoms with Gasteiger partial charge in [-0.05, 0) is 18.2 Å². The summed E-state index contributed by atoms with van der Waals surface area (Å²) in [4.78, 5) is 24.0. The van der Waals surface area contributed by atoms with E-state index in [0.29, 0.717) is 0 Å². The largest absolute Gasteiger partial charge is 0.418 e. The number of amides is 1. The number of hydrazine groups is 1. The van der Waals surface area contributed by atoms with E-state index in [2.05, 4.69) is 21.0 Å². The summed E-state index contributed by atoms with van der Waals surface area (Å²) in [6, 6.07) is 11.0. The van der Waals surface area contributed by atoms with Gasteiger partial charge in [0.25, 0.3) is 11.5 Å². The fraction of sp³-hybridized carbons (Fsp3) is 0.0625. The Bertz CT molecular complexity index is 998. The van der Waals surface area contributed by atoms with Crippen LogP contribution in [0, 0.1) is 0 Å². The van der Waals surface area contributed by atoms with Gasteiger partial charge in [-0.1, -0.05) is 30.3 Å². The molecule has 0 unspecified atom stereocenters. The van der Waals surface area contributed by atoms with Crippen LogP contribution >= 0.6 is 0 Å². The monoisotopic (exact) mass is 348 g/mol. The highest BCUT2D eigenvalue weighted by atomic mass is 19.4. The molecule has 0 aliphatic heterocycles. The van der Waals surface area contributed by atoms with Crippen molar-refractivity contribution in [2.24, 2.45) is 0 Å². The Balaban J connectivity index is 1.88. The summed E-state index contributed by atoms with van der Waals surface area (Å²) in [7, 11) is 0. The zero-order valence-corrected chi connectivity index (χ0v) is 12.5. The second-order valence-corrected chi connectivity index (χ2v) is 5.07. The number of hydrogen-bond donors (Lipinski definition) is 3. The number of carbonyl (C=O) groups excluding carboxylic acids is 1. The van der Waals surface area contributed by atoms with Gasteiger partial charge in [-0.25, -0.2) is 5.10 Å². The highest BCUT2D eigenvalue weighted by molar-refractivity contribution is 6.05. The molecule has 0 saturated heterocycles. The van der Waals surface area contributed by atoms with Gasteiger partial charge in [0, 0.05) is 5.39 Å². The lowest BCUT2D eigenvalue weighted by atomic mass is 10.1. The predicted molar refractivity (Wildman–Crippen MR) is 84.9 cm³/mol. The van der Waals surface area contributed by atoms with E-state index >= 15 is 0 Å². The third-order valence-corrected chi connectivity index (χ3v) is 3.45. The Morgan fingerprint density at radius 1 is 1.00 bits per heavy atom. The molecule has 128 valence electrons. The maximum atomic E-state index is 12.9. The number of benzene rings is 2. The van der Waals surface area contributed by atoms with Gasteiger partial charge in [0.05, 0.1) is 16.6 Å². The van der Waals surface area contributed by atoms with E-state index in [1.54, 1.807) is 12.1 Å². The number of nitrogens with one attached hydrogen (secondary N) is 3. The quantitative estimate of drug-likeness (QED) is 0.635. The Labute approximate surface area is 138 Å².